The summed E-state index contributed by atoms with van der Waals surface area (Å²) in [5, 5.41) is 3.54. The lowest BCUT2D eigenvalue weighted by Crippen LogP contribution is -2.20. The molecule has 0 saturated heterocycles. The first-order chi connectivity index (χ1) is 11.0. The van der Waals surface area contributed by atoms with E-state index in [0.29, 0.717) is 21.5 Å². The van der Waals surface area contributed by atoms with E-state index in [4.69, 9.17) is 27.9 Å². The van der Waals surface area contributed by atoms with Crippen molar-refractivity contribution in [3.63, 3.8) is 0 Å². The zero-order chi connectivity index (χ0) is 16.8. The minimum Gasteiger partial charge on any atom is -0.483 e. The first kappa shape index (κ1) is 18.1. The molecule has 2 aromatic rings. The average molecular weight is 417 g/mol. The summed E-state index contributed by atoms with van der Waals surface area (Å²) in [7, 11) is 0. The molecule has 0 aliphatic heterocycles. The number of hydrogen-bond donors (Lipinski definition) is 1. The van der Waals surface area contributed by atoms with Gasteiger partial charge in [0.25, 0.3) is 5.91 Å². The van der Waals surface area contributed by atoms with Crippen LogP contribution in [0.25, 0.3) is 0 Å². The fourth-order valence-electron chi connectivity index (χ4n) is 2.02. The number of benzene rings is 2. The van der Waals surface area contributed by atoms with Crippen molar-refractivity contribution in [2.45, 2.75) is 19.8 Å². The quantitative estimate of drug-likeness (QED) is 0.653. The number of hydrogen-bond acceptors (Lipinski definition) is 2. The van der Waals surface area contributed by atoms with Crippen molar-refractivity contribution in [1.29, 1.82) is 0 Å². The van der Waals surface area contributed by atoms with Gasteiger partial charge in [-0.25, -0.2) is 0 Å². The van der Waals surface area contributed by atoms with E-state index in [1.165, 1.54) is 5.56 Å². The zero-order valence-corrected chi connectivity index (χ0v) is 15.6. The van der Waals surface area contributed by atoms with E-state index < -0.39 is 0 Å². The molecule has 0 spiro atoms. The van der Waals surface area contributed by atoms with Gasteiger partial charge in [0.15, 0.2) is 6.61 Å². The topological polar surface area (TPSA) is 38.3 Å². The van der Waals surface area contributed by atoms with Crippen LogP contribution in [0.15, 0.2) is 40.9 Å². The van der Waals surface area contributed by atoms with E-state index in [-0.39, 0.29) is 12.5 Å². The average Bonchev–Trinajstić information content (AvgIpc) is 2.50. The van der Waals surface area contributed by atoms with Crippen molar-refractivity contribution in [3.8, 4) is 5.75 Å². The van der Waals surface area contributed by atoms with Crippen molar-refractivity contribution in [2.75, 3.05) is 11.9 Å². The maximum atomic E-state index is 11.9. The van der Waals surface area contributed by atoms with Crippen LogP contribution in [0.2, 0.25) is 10.0 Å². The maximum absolute atomic E-state index is 11.9. The van der Waals surface area contributed by atoms with Crippen molar-refractivity contribution in [1.82, 2.24) is 0 Å². The van der Waals surface area contributed by atoms with Crippen molar-refractivity contribution >= 4 is 50.7 Å². The number of anilines is 1. The maximum Gasteiger partial charge on any atom is 0.262 e. The molecule has 1 amide bonds. The Kier molecular flexibility index (Phi) is 6.75. The van der Waals surface area contributed by atoms with E-state index >= 15 is 0 Å². The van der Waals surface area contributed by atoms with Crippen LogP contribution in [0.4, 0.5) is 5.69 Å². The first-order valence-electron chi connectivity index (χ1n) is 7.15. The Bertz CT molecular complexity index is 707. The van der Waals surface area contributed by atoms with Crippen LogP contribution in [0.3, 0.4) is 0 Å². The van der Waals surface area contributed by atoms with Gasteiger partial charge in [0.1, 0.15) is 5.75 Å². The number of amides is 1. The number of nitrogens with one attached hydrogen (secondary N) is 1. The third-order valence-corrected chi connectivity index (χ3v) is 4.46. The van der Waals surface area contributed by atoms with E-state index in [0.717, 1.165) is 17.3 Å². The lowest BCUT2D eigenvalue weighted by atomic mass is 10.1. The molecule has 0 saturated carbocycles. The Hall–Kier alpha value is -1.23. The summed E-state index contributed by atoms with van der Waals surface area (Å²) in [6.07, 6.45) is 2.09. The number of aryl methyl sites for hydroxylation is 1. The van der Waals surface area contributed by atoms with Gasteiger partial charge in [-0.2, -0.15) is 0 Å². The van der Waals surface area contributed by atoms with Gasteiger partial charge >= 0.3 is 0 Å². The number of carbonyl (C=O) groups is 1. The predicted octanol–water partition coefficient (Wildman–Crippen LogP) is 5.73. The van der Waals surface area contributed by atoms with Gasteiger partial charge in [-0.05, 0) is 58.2 Å². The molecular weight excluding hydrogens is 401 g/mol. The second kappa shape index (κ2) is 8.57. The lowest BCUT2D eigenvalue weighted by Gasteiger charge is -2.10. The SMILES string of the molecule is CCCc1ccc(OCC(=O)Nc2ccc(Cl)c(Cl)c2)c(Br)c1. The fraction of sp³-hybridized carbons (Fsp3) is 0.235. The van der Waals surface area contributed by atoms with Crippen molar-refractivity contribution < 1.29 is 9.53 Å². The van der Waals surface area contributed by atoms with Gasteiger partial charge < -0.3 is 10.1 Å². The monoisotopic (exact) mass is 415 g/mol. The molecular formula is C17H16BrCl2NO2. The number of rotatable bonds is 6. The van der Waals surface area contributed by atoms with Gasteiger partial charge in [0.05, 0.1) is 14.5 Å². The largest absolute Gasteiger partial charge is 0.483 e. The van der Waals surface area contributed by atoms with Crippen LogP contribution in [0.5, 0.6) is 5.75 Å². The highest BCUT2D eigenvalue weighted by atomic mass is 79.9. The lowest BCUT2D eigenvalue weighted by molar-refractivity contribution is -0.118. The van der Waals surface area contributed by atoms with Crippen LogP contribution in [-0.2, 0) is 11.2 Å². The Morgan fingerprint density at radius 2 is 1.96 bits per heavy atom. The van der Waals surface area contributed by atoms with E-state index in [2.05, 4.69) is 28.2 Å². The Morgan fingerprint density at radius 1 is 1.17 bits per heavy atom. The van der Waals surface area contributed by atoms with Gasteiger partial charge in [0.2, 0.25) is 0 Å². The molecule has 0 bridgehead atoms. The summed E-state index contributed by atoms with van der Waals surface area (Å²) in [5.41, 5.74) is 1.80. The Morgan fingerprint density at radius 3 is 2.61 bits per heavy atom. The molecule has 122 valence electrons. The summed E-state index contributed by atoms with van der Waals surface area (Å²) in [5.74, 6) is 0.363. The molecule has 2 aromatic carbocycles. The van der Waals surface area contributed by atoms with Crippen molar-refractivity contribution in [2.24, 2.45) is 0 Å². The van der Waals surface area contributed by atoms with Crippen molar-refractivity contribution in [3.05, 3.63) is 56.5 Å². The predicted molar refractivity (Wildman–Crippen MR) is 98.7 cm³/mol. The van der Waals surface area contributed by atoms with Crippen LogP contribution in [0.1, 0.15) is 18.9 Å². The van der Waals surface area contributed by atoms with Crippen LogP contribution in [-0.4, -0.2) is 12.5 Å². The Balaban J connectivity index is 1.92. The van der Waals surface area contributed by atoms with Gasteiger partial charge in [-0.1, -0.05) is 42.6 Å². The summed E-state index contributed by atoms with van der Waals surface area (Å²) < 4.78 is 6.38. The second-order valence-corrected chi connectivity index (χ2v) is 6.65. The fourth-order valence-corrected chi connectivity index (χ4v) is 2.86. The highest BCUT2D eigenvalue weighted by Crippen LogP contribution is 2.27. The standard InChI is InChI=1S/C17H16BrCl2NO2/c1-2-3-11-4-7-16(13(18)8-11)23-10-17(22)21-12-5-6-14(19)15(20)9-12/h4-9H,2-3,10H2,1H3,(H,21,22). The molecule has 0 fully saturated rings. The number of carbonyl (C=O) groups excluding carboxylic acids is 1. The summed E-state index contributed by atoms with van der Waals surface area (Å²) >= 11 is 15.2. The summed E-state index contributed by atoms with van der Waals surface area (Å²) in [4.78, 5) is 11.9. The molecule has 0 unspecified atom stereocenters. The third kappa shape index (κ3) is 5.41. The third-order valence-electron chi connectivity index (χ3n) is 3.10. The molecule has 0 atom stereocenters. The van der Waals surface area contributed by atoms with E-state index in [1.54, 1.807) is 18.2 Å². The second-order valence-electron chi connectivity index (χ2n) is 4.98. The molecule has 0 aliphatic carbocycles. The number of halogens is 3. The van der Waals surface area contributed by atoms with Gasteiger partial charge in [-0.15, -0.1) is 0 Å². The van der Waals surface area contributed by atoms with E-state index in [1.807, 2.05) is 18.2 Å². The molecule has 6 heteroatoms. The summed E-state index contributed by atoms with van der Waals surface area (Å²) in [6, 6.07) is 10.8. The van der Waals surface area contributed by atoms with Crippen LogP contribution in [0, 0.1) is 0 Å². The van der Waals surface area contributed by atoms with Gasteiger partial charge in [0, 0.05) is 5.69 Å². The molecule has 3 nitrogen and oxygen atoms in total. The minimum atomic E-state index is -0.270. The highest BCUT2D eigenvalue weighted by Gasteiger charge is 2.08. The van der Waals surface area contributed by atoms with Gasteiger partial charge in [-0.3, -0.25) is 4.79 Å². The first-order valence-corrected chi connectivity index (χ1v) is 8.70. The molecule has 2 rings (SSSR count). The molecule has 1 N–H and O–H groups in total. The zero-order valence-electron chi connectivity index (χ0n) is 12.5. The highest BCUT2D eigenvalue weighted by molar-refractivity contribution is 9.10. The molecule has 23 heavy (non-hydrogen) atoms. The molecule has 0 heterocycles. The molecule has 0 aliphatic rings. The minimum absolute atomic E-state index is 0.0913. The van der Waals surface area contributed by atoms with Crippen LogP contribution < -0.4 is 10.1 Å². The summed E-state index contributed by atoms with van der Waals surface area (Å²) in [6.45, 7) is 2.04. The molecule has 0 radical (unpaired) electrons. The Labute approximate surface area is 154 Å². The normalized spacial score (nSPS) is 10.4. The number of ether oxygens (including phenoxy) is 1. The smallest absolute Gasteiger partial charge is 0.262 e. The molecule has 0 aromatic heterocycles. The van der Waals surface area contributed by atoms with Crippen LogP contribution >= 0.6 is 39.1 Å². The van der Waals surface area contributed by atoms with E-state index in [9.17, 15) is 4.79 Å².